The van der Waals surface area contributed by atoms with Crippen LogP contribution < -0.4 is 0 Å². The number of carbonyl (C=O) groups excluding carboxylic acids is 2. The van der Waals surface area contributed by atoms with Gasteiger partial charge in [-0.3, -0.25) is 4.79 Å². The highest BCUT2D eigenvalue weighted by Gasteiger charge is 2.60. The number of ether oxygens (including phenoxy) is 1. The van der Waals surface area contributed by atoms with Crippen molar-refractivity contribution >= 4 is 11.8 Å². The second kappa shape index (κ2) is 6.58. The monoisotopic (exact) mass is 347 g/mol. The molecule has 1 fully saturated rings. The predicted molar refractivity (Wildman–Crippen MR) is 78.9 cm³/mol. The third-order valence-corrected chi connectivity index (χ3v) is 4.30. The molecule has 8 heteroatoms. The quantitative estimate of drug-likeness (QED) is 0.789. The standard InChI is InChI=1S/C16H20F3NO4/c1-3-24-14(22)12-8-11(10(2)21)13(20-6-4-5-7-20)9-15(12,23)16(17,18)19/h8,23H,3-7,9H2,1-2H3. The summed E-state index contributed by atoms with van der Waals surface area (Å²) in [5.74, 6) is -1.72. The Bertz CT molecular complexity index is 603. The molecule has 0 aromatic rings. The Morgan fingerprint density at radius 1 is 1.33 bits per heavy atom. The molecule has 2 aliphatic rings. The summed E-state index contributed by atoms with van der Waals surface area (Å²) >= 11 is 0. The summed E-state index contributed by atoms with van der Waals surface area (Å²) in [5, 5.41) is 10.3. The Hall–Kier alpha value is -1.83. The van der Waals surface area contributed by atoms with Crippen molar-refractivity contribution in [2.24, 2.45) is 0 Å². The number of carbonyl (C=O) groups is 2. The van der Waals surface area contributed by atoms with E-state index in [0.29, 0.717) is 13.1 Å². The van der Waals surface area contributed by atoms with E-state index in [0.717, 1.165) is 18.9 Å². The molecule has 0 amide bonds. The highest BCUT2D eigenvalue weighted by Crippen LogP contribution is 2.46. The second-order valence-electron chi connectivity index (χ2n) is 5.92. The summed E-state index contributed by atoms with van der Waals surface area (Å²) < 4.78 is 45.3. The Balaban J connectivity index is 2.59. The van der Waals surface area contributed by atoms with Gasteiger partial charge in [0.1, 0.15) is 0 Å². The maximum absolute atomic E-state index is 13.5. The zero-order chi connectivity index (χ0) is 18.1. The van der Waals surface area contributed by atoms with Crippen molar-refractivity contribution in [3.63, 3.8) is 0 Å². The zero-order valence-corrected chi connectivity index (χ0v) is 13.6. The number of ketones is 1. The van der Waals surface area contributed by atoms with Gasteiger partial charge in [0.05, 0.1) is 12.2 Å². The molecule has 0 saturated carbocycles. The summed E-state index contributed by atoms with van der Waals surface area (Å²) in [4.78, 5) is 25.5. The number of hydrogen-bond acceptors (Lipinski definition) is 5. The van der Waals surface area contributed by atoms with Crippen molar-refractivity contribution < 1.29 is 32.6 Å². The summed E-state index contributed by atoms with van der Waals surface area (Å²) in [6.07, 6.45) is -3.50. The van der Waals surface area contributed by atoms with Crippen molar-refractivity contribution in [2.45, 2.75) is 44.9 Å². The Kier molecular flexibility index (Phi) is 5.08. The first kappa shape index (κ1) is 18.5. The summed E-state index contributed by atoms with van der Waals surface area (Å²) in [6.45, 7) is 3.57. The van der Waals surface area contributed by atoms with Gasteiger partial charge in [0.15, 0.2) is 11.4 Å². The maximum Gasteiger partial charge on any atom is 0.422 e. The van der Waals surface area contributed by atoms with Gasteiger partial charge >= 0.3 is 12.1 Å². The van der Waals surface area contributed by atoms with Gasteiger partial charge in [-0.05, 0) is 32.8 Å². The van der Waals surface area contributed by atoms with Crippen LogP contribution in [0.1, 0.15) is 33.1 Å². The van der Waals surface area contributed by atoms with Crippen molar-refractivity contribution in [2.75, 3.05) is 19.7 Å². The van der Waals surface area contributed by atoms with E-state index >= 15 is 0 Å². The molecule has 1 unspecified atom stereocenters. The lowest BCUT2D eigenvalue weighted by molar-refractivity contribution is -0.246. The number of halogens is 3. The fourth-order valence-electron chi connectivity index (χ4n) is 3.04. The SMILES string of the molecule is CCOC(=O)C1=CC(C(C)=O)=C(N2CCCC2)CC1(O)C(F)(F)F. The van der Waals surface area contributed by atoms with Crippen LogP contribution in [0.3, 0.4) is 0 Å². The summed E-state index contributed by atoms with van der Waals surface area (Å²) in [6, 6.07) is 0. The highest BCUT2D eigenvalue weighted by atomic mass is 19.4. The fraction of sp³-hybridized carbons (Fsp3) is 0.625. The number of alkyl halides is 3. The van der Waals surface area contributed by atoms with E-state index in [1.165, 1.54) is 13.8 Å². The number of aliphatic hydroxyl groups is 1. The van der Waals surface area contributed by atoms with E-state index < -0.39 is 35.5 Å². The van der Waals surface area contributed by atoms with Gasteiger partial charge in [-0.25, -0.2) is 4.79 Å². The van der Waals surface area contributed by atoms with Crippen molar-refractivity contribution in [1.29, 1.82) is 0 Å². The average Bonchev–Trinajstić information content (AvgIpc) is 2.99. The largest absolute Gasteiger partial charge is 0.463 e. The maximum atomic E-state index is 13.5. The van der Waals surface area contributed by atoms with Crippen LogP contribution in [0.5, 0.6) is 0 Å². The number of esters is 1. The average molecular weight is 347 g/mol. The van der Waals surface area contributed by atoms with Crippen molar-refractivity contribution in [3.8, 4) is 0 Å². The Morgan fingerprint density at radius 3 is 2.38 bits per heavy atom. The molecule has 1 aliphatic carbocycles. The third kappa shape index (κ3) is 3.19. The topological polar surface area (TPSA) is 66.8 Å². The minimum atomic E-state index is -5.07. The van der Waals surface area contributed by atoms with Crippen LogP contribution in [-0.2, 0) is 14.3 Å². The van der Waals surface area contributed by atoms with Crippen LogP contribution >= 0.6 is 0 Å². The number of likely N-dealkylation sites (tertiary alicyclic amines) is 1. The molecular formula is C16H20F3NO4. The van der Waals surface area contributed by atoms with Gasteiger partial charge in [0.2, 0.25) is 0 Å². The Morgan fingerprint density at radius 2 is 1.92 bits per heavy atom. The second-order valence-corrected chi connectivity index (χ2v) is 5.92. The number of hydrogen-bond donors (Lipinski definition) is 1. The van der Waals surface area contributed by atoms with Gasteiger partial charge in [-0.1, -0.05) is 0 Å². The smallest absolute Gasteiger partial charge is 0.422 e. The Labute approximate surface area is 137 Å². The van der Waals surface area contributed by atoms with Crippen LogP contribution in [-0.4, -0.2) is 53.2 Å². The van der Waals surface area contributed by atoms with Crippen LogP contribution in [0.15, 0.2) is 22.9 Å². The van der Waals surface area contributed by atoms with E-state index in [1.54, 1.807) is 4.90 Å². The van der Waals surface area contributed by atoms with Crippen molar-refractivity contribution in [3.05, 3.63) is 22.9 Å². The van der Waals surface area contributed by atoms with E-state index in [2.05, 4.69) is 4.74 Å². The molecular weight excluding hydrogens is 327 g/mol. The minimum absolute atomic E-state index is 0.0221. The highest BCUT2D eigenvalue weighted by molar-refractivity contribution is 6.01. The van der Waals surface area contributed by atoms with Crippen LogP contribution in [0.4, 0.5) is 13.2 Å². The first-order chi connectivity index (χ1) is 11.1. The molecule has 1 saturated heterocycles. The molecule has 1 aliphatic heterocycles. The molecule has 1 N–H and O–H groups in total. The van der Waals surface area contributed by atoms with Gasteiger partial charge in [0, 0.05) is 30.8 Å². The molecule has 5 nitrogen and oxygen atoms in total. The van der Waals surface area contributed by atoms with E-state index in [-0.39, 0.29) is 17.9 Å². The molecule has 1 heterocycles. The number of Topliss-reactive ketones (excluding diaryl/α,β-unsaturated/α-hetero) is 1. The van der Waals surface area contributed by atoms with Gasteiger partial charge in [0.25, 0.3) is 0 Å². The van der Waals surface area contributed by atoms with Crippen LogP contribution in [0.25, 0.3) is 0 Å². The molecule has 0 bridgehead atoms. The molecule has 2 rings (SSSR count). The van der Waals surface area contributed by atoms with E-state index in [1.807, 2.05) is 0 Å². The number of allylic oxidation sites excluding steroid dienone is 2. The van der Waals surface area contributed by atoms with E-state index in [4.69, 9.17) is 0 Å². The van der Waals surface area contributed by atoms with Gasteiger partial charge in [-0.15, -0.1) is 0 Å². The minimum Gasteiger partial charge on any atom is -0.463 e. The lowest BCUT2D eigenvalue weighted by atomic mass is 9.80. The van der Waals surface area contributed by atoms with Crippen molar-refractivity contribution in [1.82, 2.24) is 4.90 Å². The lowest BCUT2D eigenvalue weighted by Crippen LogP contribution is -2.52. The molecule has 134 valence electrons. The van der Waals surface area contributed by atoms with Gasteiger partial charge in [-0.2, -0.15) is 13.2 Å². The normalized spacial score (nSPS) is 24.9. The predicted octanol–water partition coefficient (Wildman–Crippen LogP) is 2.11. The van der Waals surface area contributed by atoms with Crippen LogP contribution in [0, 0.1) is 0 Å². The van der Waals surface area contributed by atoms with Crippen LogP contribution in [0.2, 0.25) is 0 Å². The number of nitrogens with zero attached hydrogens (tertiary/aromatic N) is 1. The first-order valence-corrected chi connectivity index (χ1v) is 7.79. The van der Waals surface area contributed by atoms with E-state index in [9.17, 15) is 27.9 Å². The molecule has 0 radical (unpaired) electrons. The lowest BCUT2D eigenvalue weighted by Gasteiger charge is -2.38. The fourth-order valence-corrected chi connectivity index (χ4v) is 3.04. The first-order valence-electron chi connectivity index (χ1n) is 7.79. The summed E-state index contributed by atoms with van der Waals surface area (Å²) in [5.41, 5.74) is -4.15. The summed E-state index contributed by atoms with van der Waals surface area (Å²) in [7, 11) is 0. The molecule has 24 heavy (non-hydrogen) atoms. The molecule has 0 aromatic heterocycles. The molecule has 1 atom stereocenters. The molecule has 0 spiro atoms. The third-order valence-electron chi connectivity index (χ3n) is 4.30. The number of rotatable bonds is 4. The molecule has 0 aromatic carbocycles. The van der Waals surface area contributed by atoms with Gasteiger partial charge < -0.3 is 14.7 Å². The zero-order valence-electron chi connectivity index (χ0n) is 13.6.